The van der Waals surface area contributed by atoms with E-state index in [0.29, 0.717) is 12.5 Å². The summed E-state index contributed by atoms with van der Waals surface area (Å²) in [4.78, 5) is 5.00. The van der Waals surface area contributed by atoms with Crippen molar-refractivity contribution in [1.82, 2.24) is 0 Å². The summed E-state index contributed by atoms with van der Waals surface area (Å²) in [7, 11) is 1.40. The Kier molecular flexibility index (Phi) is 18.3. The van der Waals surface area contributed by atoms with Gasteiger partial charge in [0.2, 0.25) is 11.4 Å². The normalized spacial score (nSPS) is 20.9. The summed E-state index contributed by atoms with van der Waals surface area (Å²) in [6, 6.07) is 78.4. The number of benzene rings is 9. The summed E-state index contributed by atoms with van der Waals surface area (Å²) in [6.07, 6.45) is 31.9. The molecule has 10 nitrogen and oxygen atoms in total. The summed E-state index contributed by atoms with van der Waals surface area (Å²) < 4.78 is 59.5. The topological polar surface area (TPSA) is 127 Å². The van der Waals surface area contributed by atoms with Crippen LogP contribution in [0.1, 0.15) is 109 Å². The largest absolute Gasteiger partial charge is 0.748 e. The molecule has 2 fully saturated rings. The van der Waals surface area contributed by atoms with Crippen LogP contribution >= 0.6 is 0 Å². The van der Waals surface area contributed by atoms with Crippen LogP contribution in [0.3, 0.4) is 0 Å². The summed E-state index contributed by atoms with van der Waals surface area (Å²) in [6.45, 7) is 0. The number of hydrogen-bond acceptors (Lipinski definition) is 8. The van der Waals surface area contributed by atoms with E-state index in [1.165, 1.54) is 176 Å². The molecule has 96 heavy (non-hydrogen) atoms. The molecule has 0 amide bonds. The minimum atomic E-state index is -3.92. The first kappa shape index (κ1) is 65.9. The predicted octanol–water partition coefficient (Wildman–Crippen LogP) is 16.8. The van der Waals surface area contributed by atoms with Gasteiger partial charge in [0, 0.05) is 95.6 Å². The molecule has 2 aliphatic carbocycles. The first-order valence-electron chi connectivity index (χ1n) is 33.9. The molecule has 0 aromatic heterocycles. The zero-order chi connectivity index (χ0) is 67.0. The van der Waals surface area contributed by atoms with Crippen molar-refractivity contribution in [3.05, 3.63) is 299 Å². The Morgan fingerprint density at radius 1 is 0.406 bits per heavy atom. The lowest BCUT2D eigenvalue weighted by molar-refractivity contribution is -0.401. The van der Waals surface area contributed by atoms with E-state index in [0.717, 1.165) is 25.7 Å². The second-order valence-electron chi connectivity index (χ2n) is 27.6. The molecule has 2 spiro atoms. The smallest absolute Gasteiger partial charge is 0.210 e. The van der Waals surface area contributed by atoms with Gasteiger partial charge in [-0.25, -0.2) is 16.8 Å². The number of anilines is 2. The molecule has 2 saturated carbocycles. The summed E-state index contributed by atoms with van der Waals surface area (Å²) in [5.74, 6) is 0. The van der Waals surface area contributed by atoms with E-state index < -0.39 is 20.2 Å². The maximum atomic E-state index is 9.08. The van der Waals surface area contributed by atoms with Gasteiger partial charge in [0.1, 0.15) is 14.1 Å². The number of para-hydroxylation sites is 2. The van der Waals surface area contributed by atoms with Crippen molar-refractivity contribution in [3.8, 4) is 0 Å². The van der Waals surface area contributed by atoms with Crippen LogP contribution in [0.25, 0.3) is 21.5 Å². The number of rotatable bonds is 12. The van der Waals surface area contributed by atoms with Crippen molar-refractivity contribution in [3.63, 3.8) is 0 Å². The van der Waals surface area contributed by atoms with Gasteiger partial charge in [0.15, 0.2) is 11.4 Å². The minimum Gasteiger partial charge on any atom is -0.748 e. The van der Waals surface area contributed by atoms with E-state index >= 15 is 0 Å². The molecule has 9 aromatic rings. The van der Waals surface area contributed by atoms with Gasteiger partial charge in [-0.05, 0) is 143 Å². The molecule has 2 unspecified atom stereocenters. The third kappa shape index (κ3) is 12.6. The van der Waals surface area contributed by atoms with Gasteiger partial charge < -0.3 is 18.9 Å². The van der Waals surface area contributed by atoms with Gasteiger partial charge in [0.05, 0.1) is 31.1 Å². The van der Waals surface area contributed by atoms with Crippen molar-refractivity contribution in [2.45, 2.75) is 112 Å². The molecule has 12 heteroatoms. The molecular formula is C84H86N4O6S2. The molecule has 15 rings (SSSR count). The van der Waals surface area contributed by atoms with Crippen LogP contribution in [0.4, 0.5) is 22.7 Å². The number of fused-ring (bicyclic) bond motifs is 10. The van der Waals surface area contributed by atoms with E-state index in [1.807, 2.05) is 0 Å². The van der Waals surface area contributed by atoms with Crippen LogP contribution in [0.5, 0.6) is 0 Å². The lowest BCUT2D eigenvalue weighted by atomic mass is 9.66. The summed E-state index contributed by atoms with van der Waals surface area (Å²) in [5, 5.41) is 5.51. The first-order valence-corrected chi connectivity index (χ1v) is 37.5. The Balaban J connectivity index is 0.000000778. The molecule has 4 heterocycles. The number of likely N-dealkylation sites (N-methyl/N-ethyl adjacent to an activating group) is 2. The lowest BCUT2D eigenvalue weighted by Crippen LogP contribution is -2.36. The highest BCUT2D eigenvalue weighted by molar-refractivity contribution is 7.85. The van der Waals surface area contributed by atoms with E-state index in [4.69, 9.17) is 25.9 Å². The third-order valence-corrected chi connectivity index (χ3v) is 21.6. The molecule has 2 atom stereocenters. The molecule has 6 aliphatic rings. The standard InChI is InChI=1S/C82H80N4.2CH4O3S/c1-83-69-37-19-17-35-67(69)81(55-59-27-9-5-10-28-59,75(83)41-25-39-73-79(51-21-7-22-52-79)77-65-33-15-13-31-63(65)47-49-71(77)85(73)3)57-61-43-45-62(46-44-61)58-82(56-60-29-11-6-12-30-60)68-36-18-20-38-70(68)84(2)76(82)42-26-40-74-80(53-23-8-24-54-80)78-66-34-16-14-32-64(66)48-50-72(78)86(74)4;2*1-5(2,3)4/h5-6,9-20,25-50H,7-8,21-24,51-58H2,1-4H3;2*1H3,(H,2,3,4)/q+2;;/p-2. The molecule has 490 valence electrons. The monoisotopic (exact) mass is 1310 g/mol. The fourth-order valence-electron chi connectivity index (χ4n) is 17.9. The highest BCUT2D eigenvalue weighted by Crippen LogP contribution is 2.56. The van der Waals surface area contributed by atoms with Crippen molar-refractivity contribution < 1.29 is 35.1 Å². The number of hydrogen-bond donors (Lipinski definition) is 0. The lowest BCUT2D eigenvalue weighted by Gasteiger charge is -2.35. The molecular weight excluding hydrogens is 1230 g/mol. The van der Waals surface area contributed by atoms with Gasteiger partial charge in [0.25, 0.3) is 0 Å². The SMILES string of the molecule is CN1C(=CC=CC2=[N+](C)c3ccc4ccccc4c3C23CCCCC3)C(Cc2ccccc2)(Cc2ccc(CC3(Cc4ccccc4)C(=CC=CC4=[N+](C)c5ccc6ccccc6c5C45CCCCC5)N(C)c4ccccc43)cc2)c2ccccc21.CS(=O)(=O)[O-].CS(=O)(=O)[O-]. The fraction of sp³-hybridized carbons (Fsp3) is 0.286. The van der Waals surface area contributed by atoms with E-state index in [9.17, 15) is 0 Å². The van der Waals surface area contributed by atoms with Gasteiger partial charge in [-0.2, -0.15) is 9.15 Å². The van der Waals surface area contributed by atoms with Crippen molar-refractivity contribution in [1.29, 1.82) is 0 Å². The Bertz CT molecular complexity index is 4540. The Labute approximate surface area is 568 Å². The number of nitrogens with zero attached hydrogens (tertiary/aromatic N) is 4. The first-order chi connectivity index (χ1) is 46.2. The predicted molar refractivity (Wildman–Crippen MR) is 392 cm³/mol. The van der Waals surface area contributed by atoms with Crippen LogP contribution in [-0.4, -0.2) is 87.2 Å². The highest BCUT2D eigenvalue weighted by atomic mass is 32.2. The Hall–Kier alpha value is -8.78. The van der Waals surface area contributed by atoms with Crippen LogP contribution in [0, 0.1) is 0 Å². The molecule has 9 aromatic carbocycles. The zero-order valence-corrected chi connectivity index (χ0v) is 57.7. The van der Waals surface area contributed by atoms with Gasteiger partial charge in [-0.15, -0.1) is 0 Å². The maximum absolute atomic E-state index is 9.08. The highest BCUT2D eigenvalue weighted by Gasteiger charge is 2.54. The van der Waals surface area contributed by atoms with Crippen LogP contribution < -0.4 is 9.80 Å². The van der Waals surface area contributed by atoms with E-state index in [-0.39, 0.29) is 21.7 Å². The molecule has 0 radical (unpaired) electrons. The molecule has 0 bridgehead atoms. The maximum Gasteiger partial charge on any atom is 0.210 e. The van der Waals surface area contributed by atoms with Crippen LogP contribution in [0.15, 0.2) is 254 Å². The fourth-order valence-corrected chi connectivity index (χ4v) is 17.9. The van der Waals surface area contributed by atoms with E-state index in [2.05, 4.69) is 290 Å². The molecule has 0 N–H and O–H groups in total. The van der Waals surface area contributed by atoms with Gasteiger partial charge in [-0.3, -0.25) is 0 Å². The second kappa shape index (κ2) is 26.7. The number of allylic oxidation sites excluding steroid dienone is 8. The zero-order valence-electron chi connectivity index (χ0n) is 56.0. The minimum absolute atomic E-state index is 0.00137. The average Bonchev–Trinajstić information content (AvgIpc) is 1.59. The van der Waals surface area contributed by atoms with Crippen molar-refractivity contribution in [2.75, 3.05) is 50.5 Å². The quantitative estimate of drug-likeness (QED) is 0.0874. The van der Waals surface area contributed by atoms with Gasteiger partial charge >= 0.3 is 0 Å². The third-order valence-electron chi connectivity index (χ3n) is 21.6. The molecule has 4 aliphatic heterocycles. The van der Waals surface area contributed by atoms with Crippen LogP contribution in [0.2, 0.25) is 0 Å². The van der Waals surface area contributed by atoms with E-state index in [1.54, 1.807) is 0 Å². The van der Waals surface area contributed by atoms with Crippen LogP contribution in [-0.2, 0) is 67.6 Å². The summed E-state index contributed by atoms with van der Waals surface area (Å²) in [5.41, 5.74) is 21.5. The van der Waals surface area contributed by atoms with Gasteiger partial charge in [-0.1, -0.05) is 221 Å². The second-order valence-corrected chi connectivity index (χ2v) is 30.4. The summed E-state index contributed by atoms with van der Waals surface area (Å²) >= 11 is 0. The van der Waals surface area contributed by atoms with Crippen molar-refractivity contribution >= 4 is 76.0 Å². The van der Waals surface area contributed by atoms with Crippen molar-refractivity contribution in [2.24, 2.45) is 0 Å². The Morgan fingerprint density at radius 3 is 1.08 bits per heavy atom. The molecule has 0 saturated heterocycles. The average molecular weight is 1310 g/mol. The Morgan fingerprint density at radius 2 is 0.719 bits per heavy atom.